The molecular weight excluding hydrogens is 1440 g/mol. The van der Waals surface area contributed by atoms with Crippen LogP contribution in [0.15, 0.2) is 409 Å². The molecule has 0 atom stereocenters. The first kappa shape index (κ1) is 67.6. The van der Waals surface area contributed by atoms with Gasteiger partial charge in [0, 0.05) is 65.7 Å². The Balaban J connectivity index is 0.000000138. The summed E-state index contributed by atoms with van der Waals surface area (Å²) in [5.41, 5.74) is 22.2. The fourth-order valence-electron chi connectivity index (χ4n) is 17.4. The van der Waals surface area contributed by atoms with E-state index in [0.29, 0.717) is 34.9 Å². The van der Waals surface area contributed by atoms with E-state index in [1.54, 1.807) is 0 Å². The van der Waals surface area contributed by atoms with Gasteiger partial charge in [-0.15, -0.1) is 0 Å². The van der Waals surface area contributed by atoms with Crippen molar-refractivity contribution < 1.29 is 8.83 Å². The lowest BCUT2D eigenvalue weighted by Gasteiger charge is -2.14. The maximum atomic E-state index is 6.69. The molecule has 0 radical (unpaired) electrons. The number of fused-ring (bicyclic) bond motifs is 16. The summed E-state index contributed by atoms with van der Waals surface area (Å²) < 4.78 is 18.3. The SMILES string of the molecule is c1ccc(-c2ccc3c(c2)c2c4ccccc4ccc2n3-c2cc(-c3ccc(-c4nc(-c5ccccc5)nc(-c5ccccc5)n4)cc3)cc3oc4ccccc4c23)cc1.c1ccc(-c2nc(-c3ccccc3)nc(-c3cccc(-c4cc(-n5c6ccccc6c6cc7cc8ccccc8cc7cc65)c5c(c4)oc4ccccc45)c3)n2)cc1. The molecule has 24 aromatic rings. The Morgan fingerprint density at radius 1 is 0.161 bits per heavy atom. The molecule has 0 saturated heterocycles. The van der Waals surface area contributed by atoms with Crippen molar-refractivity contribution in [2.24, 2.45) is 0 Å². The van der Waals surface area contributed by atoms with Crippen molar-refractivity contribution in [3.63, 3.8) is 0 Å². The predicted molar refractivity (Wildman–Crippen MR) is 484 cm³/mol. The molecule has 0 N–H and O–H groups in total. The van der Waals surface area contributed by atoms with E-state index in [1.807, 2.05) is 133 Å². The largest absolute Gasteiger partial charge is 0.456 e. The average molecular weight is 1510 g/mol. The normalized spacial score (nSPS) is 11.7. The highest BCUT2D eigenvalue weighted by atomic mass is 16.3. The fraction of sp³-hybridized carbons (Fsp3) is 0. The monoisotopic (exact) mass is 1510 g/mol. The second kappa shape index (κ2) is 28.0. The number of nitrogens with zero attached hydrogens (tertiary/aromatic N) is 8. The van der Waals surface area contributed by atoms with Crippen LogP contribution in [0.1, 0.15) is 0 Å². The summed E-state index contributed by atoms with van der Waals surface area (Å²) in [6, 6.07) is 140. The third-order valence-corrected chi connectivity index (χ3v) is 23.0. The van der Waals surface area contributed by atoms with Gasteiger partial charge in [-0.3, -0.25) is 0 Å². The Bertz CT molecular complexity index is 7980. The van der Waals surface area contributed by atoms with Gasteiger partial charge in [0.05, 0.1) is 44.2 Å². The highest BCUT2D eigenvalue weighted by molar-refractivity contribution is 6.24. The number of para-hydroxylation sites is 3. The Morgan fingerprint density at radius 3 is 1.07 bits per heavy atom. The van der Waals surface area contributed by atoms with Crippen molar-refractivity contribution in [1.29, 1.82) is 0 Å². The van der Waals surface area contributed by atoms with Crippen LogP contribution in [0.4, 0.5) is 0 Å². The van der Waals surface area contributed by atoms with E-state index >= 15 is 0 Å². The van der Waals surface area contributed by atoms with Crippen molar-refractivity contribution in [3.8, 4) is 113 Å². The molecule has 550 valence electrons. The average Bonchev–Trinajstić information content (AvgIpc) is 1.56. The first-order chi connectivity index (χ1) is 58.4. The first-order valence-corrected chi connectivity index (χ1v) is 39.7. The molecule has 6 heterocycles. The maximum absolute atomic E-state index is 6.69. The molecule has 0 spiro atoms. The molecule has 118 heavy (non-hydrogen) atoms. The van der Waals surface area contributed by atoms with Gasteiger partial charge < -0.3 is 18.0 Å². The molecule has 6 aromatic heterocycles. The van der Waals surface area contributed by atoms with E-state index in [2.05, 4.69) is 276 Å². The zero-order chi connectivity index (χ0) is 77.7. The van der Waals surface area contributed by atoms with Crippen LogP contribution in [0.25, 0.3) is 233 Å². The van der Waals surface area contributed by atoms with Gasteiger partial charge in [0.15, 0.2) is 34.9 Å². The molecule has 0 bridgehead atoms. The van der Waals surface area contributed by atoms with Gasteiger partial charge in [-0.2, -0.15) is 0 Å². The van der Waals surface area contributed by atoms with Crippen LogP contribution in [-0.4, -0.2) is 39.0 Å². The summed E-state index contributed by atoms with van der Waals surface area (Å²) in [5, 5.41) is 16.5. The highest BCUT2D eigenvalue weighted by Crippen LogP contribution is 2.47. The van der Waals surface area contributed by atoms with Gasteiger partial charge in [-0.05, 0) is 157 Å². The molecule has 24 rings (SSSR count). The minimum atomic E-state index is 0.612. The predicted octanol–water partition coefficient (Wildman–Crippen LogP) is 28.2. The zero-order valence-corrected chi connectivity index (χ0v) is 63.5. The standard InChI is InChI=1S/C55H34N4O.C53H32N4O/c1-4-14-35(15-5-1)41-29-30-46-45(32-41)51-43-21-11-10-16-37(43)28-31-47(51)59(46)48-33-42(34-50-52(48)44-22-12-13-23-49(44)60-50)36-24-26-40(27-25-36)55-57-53(38-17-6-2-7-18-38)56-54(58-55)39-19-8-3-9-20-39;1-3-14-33(15-4-1)51-54-52(34-16-5-2-6-17-34)56-53(55-51)38-21-13-20-37(26-38)41-31-47(50-43-23-10-12-25-48(43)58-49(50)32-41)57-45-24-11-9-22-42(45)44-29-39-27-35-18-7-8-19-36(35)28-40(39)30-46(44)57/h1-34H;1-32H. The third-order valence-electron chi connectivity index (χ3n) is 23.0. The number of benzene rings is 18. The topological polar surface area (TPSA) is 113 Å². The van der Waals surface area contributed by atoms with Gasteiger partial charge in [-0.25, -0.2) is 29.9 Å². The molecule has 18 aromatic carbocycles. The first-order valence-electron chi connectivity index (χ1n) is 39.7. The molecule has 0 fully saturated rings. The van der Waals surface area contributed by atoms with Crippen LogP contribution in [0.3, 0.4) is 0 Å². The summed E-state index contributed by atoms with van der Waals surface area (Å²) in [6.07, 6.45) is 0. The summed E-state index contributed by atoms with van der Waals surface area (Å²) in [5.74, 6) is 3.77. The van der Waals surface area contributed by atoms with Crippen LogP contribution in [0.5, 0.6) is 0 Å². The lowest BCUT2D eigenvalue weighted by Crippen LogP contribution is -2.00. The van der Waals surface area contributed by atoms with Crippen molar-refractivity contribution in [2.45, 2.75) is 0 Å². The summed E-state index contributed by atoms with van der Waals surface area (Å²) >= 11 is 0. The number of aromatic nitrogens is 8. The van der Waals surface area contributed by atoms with Gasteiger partial charge in [-0.1, -0.05) is 309 Å². The number of rotatable bonds is 11. The second-order valence-corrected chi connectivity index (χ2v) is 30.1. The smallest absolute Gasteiger partial charge is 0.164 e. The molecule has 0 aliphatic rings. The summed E-state index contributed by atoms with van der Waals surface area (Å²) in [7, 11) is 0. The van der Waals surface area contributed by atoms with Crippen molar-refractivity contribution in [1.82, 2.24) is 39.0 Å². The zero-order valence-electron chi connectivity index (χ0n) is 63.5. The third kappa shape index (κ3) is 11.7. The minimum Gasteiger partial charge on any atom is -0.456 e. The van der Waals surface area contributed by atoms with Gasteiger partial charge in [0.1, 0.15) is 22.3 Å². The summed E-state index contributed by atoms with van der Waals surface area (Å²) in [4.78, 5) is 29.8. The van der Waals surface area contributed by atoms with Crippen LogP contribution >= 0.6 is 0 Å². The molecule has 0 amide bonds. The van der Waals surface area contributed by atoms with E-state index < -0.39 is 0 Å². The van der Waals surface area contributed by atoms with Crippen LogP contribution in [-0.2, 0) is 0 Å². The quantitative estimate of drug-likeness (QED) is 0.118. The molecular formula is C108H66N8O2. The van der Waals surface area contributed by atoms with Crippen molar-refractivity contribution >= 4 is 120 Å². The van der Waals surface area contributed by atoms with Crippen molar-refractivity contribution in [2.75, 3.05) is 0 Å². The van der Waals surface area contributed by atoms with E-state index in [9.17, 15) is 0 Å². The molecule has 10 nitrogen and oxygen atoms in total. The Labute approximate surface area is 676 Å². The molecule has 0 aliphatic heterocycles. The minimum absolute atomic E-state index is 0.612. The number of hydrogen-bond acceptors (Lipinski definition) is 8. The highest BCUT2D eigenvalue weighted by Gasteiger charge is 2.25. The van der Waals surface area contributed by atoms with Gasteiger partial charge in [0.25, 0.3) is 0 Å². The van der Waals surface area contributed by atoms with E-state index in [4.69, 9.17) is 38.7 Å². The lowest BCUT2D eigenvalue weighted by atomic mass is 9.99. The maximum Gasteiger partial charge on any atom is 0.164 e. The Kier molecular flexibility index (Phi) is 16.0. The Morgan fingerprint density at radius 2 is 0.525 bits per heavy atom. The Hall–Kier alpha value is -16.0. The molecule has 10 heteroatoms. The number of furan rings is 2. The summed E-state index contributed by atoms with van der Waals surface area (Å²) in [6.45, 7) is 0. The lowest BCUT2D eigenvalue weighted by molar-refractivity contribution is 0.668. The van der Waals surface area contributed by atoms with Crippen LogP contribution < -0.4 is 0 Å². The molecule has 0 aliphatic carbocycles. The van der Waals surface area contributed by atoms with Gasteiger partial charge >= 0.3 is 0 Å². The van der Waals surface area contributed by atoms with E-state index in [0.717, 1.165) is 133 Å². The van der Waals surface area contributed by atoms with Gasteiger partial charge in [0.2, 0.25) is 0 Å². The van der Waals surface area contributed by atoms with Crippen LogP contribution in [0, 0.1) is 0 Å². The number of hydrogen-bond donors (Lipinski definition) is 0. The fourth-order valence-corrected chi connectivity index (χ4v) is 17.4. The molecule has 0 unspecified atom stereocenters. The second-order valence-electron chi connectivity index (χ2n) is 30.1. The molecule has 0 saturated carbocycles. The van der Waals surface area contributed by atoms with E-state index in [1.165, 1.54) is 65.0 Å². The van der Waals surface area contributed by atoms with Crippen LogP contribution in [0.2, 0.25) is 0 Å². The van der Waals surface area contributed by atoms with E-state index in [-0.39, 0.29) is 0 Å². The van der Waals surface area contributed by atoms with Crippen molar-refractivity contribution in [3.05, 3.63) is 400 Å².